The molecular formula is C20H25FN2O2. The number of hydrogen-bond acceptors (Lipinski definition) is 4. The maximum Gasteiger partial charge on any atom is 0.129 e. The molecule has 1 fully saturated rings. The molecule has 0 amide bonds. The lowest BCUT2D eigenvalue weighted by Crippen LogP contribution is -2.36. The summed E-state index contributed by atoms with van der Waals surface area (Å²) in [6.07, 6.45) is -0.865. The first-order chi connectivity index (χ1) is 12.1. The molecule has 134 valence electrons. The monoisotopic (exact) mass is 344 g/mol. The number of nitrogens with zero attached hydrogens (tertiary/aromatic N) is 1. The zero-order valence-electron chi connectivity index (χ0n) is 14.5. The van der Waals surface area contributed by atoms with E-state index in [1.165, 1.54) is 11.8 Å². The van der Waals surface area contributed by atoms with Gasteiger partial charge in [0.05, 0.1) is 19.3 Å². The summed E-state index contributed by atoms with van der Waals surface area (Å²) >= 11 is 0. The molecule has 1 aliphatic rings. The molecular weight excluding hydrogens is 319 g/mol. The Morgan fingerprint density at radius 3 is 2.48 bits per heavy atom. The van der Waals surface area contributed by atoms with Gasteiger partial charge in [-0.1, -0.05) is 30.3 Å². The van der Waals surface area contributed by atoms with Gasteiger partial charge in [0, 0.05) is 36.9 Å². The molecule has 0 bridgehead atoms. The minimum Gasteiger partial charge on any atom is -0.387 e. The van der Waals surface area contributed by atoms with E-state index in [0.717, 1.165) is 31.9 Å². The molecule has 0 aromatic heterocycles. The van der Waals surface area contributed by atoms with Crippen LogP contribution in [0.2, 0.25) is 0 Å². The molecule has 0 radical (unpaired) electrons. The largest absolute Gasteiger partial charge is 0.387 e. The van der Waals surface area contributed by atoms with Crippen LogP contribution >= 0.6 is 0 Å². The molecule has 2 atom stereocenters. The van der Waals surface area contributed by atoms with Crippen molar-refractivity contribution in [3.8, 4) is 0 Å². The van der Waals surface area contributed by atoms with Gasteiger partial charge in [0.15, 0.2) is 0 Å². The van der Waals surface area contributed by atoms with Crippen LogP contribution in [0.3, 0.4) is 0 Å². The van der Waals surface area contributed by atoms with Crippen LogP contribution in [0.5, 0.6) is 0 Å². The molecule has 2 aromatic carbocycles. The van der Waals surface area contributed by atoms with E-state index in [9.17, 15) is 9.50 Å². The quantitative estimate of drug-likeness (QED) is 0.845. The van der Waals surface area contributed by atoms with Gasteiger partial charge in [-0.05, 0) is 30.7 Å². The van der Waals surface area contributed by atoms with Crippen LogP contribution in [0.25, 0.3) is 0 Å². The van der Waals surface area contributed by atoms with E-state index >= 15 is 0 Å². The fourth-order valence-corrected chi connectivity index (χ4v) is 3.06. The van der Waals surface area contributed by atoms with Crippen LogP contribution in [0, 0.1) is 5.82 Å². The van der Waals surface area contributed by atoms with Crippen molar-refractivity contribution < 1.29 is 14.2 Å². The summed E-state index contributed by atoms with van der Waals surface area (Å²) in [5.41, 5.74) is 2.66. The summed E-state index contributed by atoms with van der Waals surface area (Å²) in [6.45, 7) is 5.72. The summed E-state index contributed by atoms with van der Waals surface area (Å²) in [5, 5.41) is 13.5. The number of aliphatic hydroxyl groups is 1. The maximum atomic E-state index is 13.7. The number of morpholine rings is 1. The number of halogens is 1. The second-order valence-electron chi connectivity index (χ2n) is 6.36. The molecule has 4 nitrogen and oxygen atoms in total. The van der Waals surface area contributed by atoms with Gasteiger partial charge in [-0.15, -0.1) is 0 Å². The topological polar surface area (TPSA) is 44.7 Å². The SMILES string of the molecule is CC(NCC(O)c1ccccc1F)c1ccc(N2CCOCC2)cc1. The molecule has 2 aromatic rings. The van der Waals surface area contributed by atoms with E-state index < -0.39 is 6.10 Å². The fourth-order valence-electron chi connectivity index (χ4n) is 3.06. The lowest BCUT2D eigenvalue weighted by molar-refractivity contribution is 0.122. The number of benzene rings is 2. The summed E-state index contributed by atoms with van der Waals surface area (Å²) < 4.78 is 19.1. The lowest BCUT2D eigenvalue weighted by Gasteiger charge is -2.29. The van der Waals surface area contributed by atoms with E-state index in [0.29, 0.717) is 12.1 Å². The van der Waals surface area contributed by atoms with Gasteiger partial charge in [-0.25, -0.2) is 4.39 Å². The molecule has 3 rings (SSSR count). The average Bonchev–Trinajstić information content (AvgIpc) is 2.67. The van der Waals surface area contributed by atoms with Crippen LogP contribution in [0.15, 0.2) is 48.5 Å². The number of hydrogen-bond donors (Lipinski definition) is 2. The molecule has 2 unspecified atom stereocenters. The number of rotatable bonds is 6. The van der Waals surface area contributed by atoms with Gasteiger partial charge in [-0.3, -0.25) is 0 Å². The van der Waals surface area contributed by atoms with Crippen LogP contribution in [-0.2, 0) is 4.74 Å². The molecule has 0 spiro atoms. The number of ether oxygens (including phenoxy) is 1. The third-order valence-electron chi connectivity index (χ3n) is 4.65. The molecule has 1 saturated heterocycles. The Kier molecular flexibility index (Phi) is 6.02. The van der Waals surface area contributed by atoms with Gasteiger partial charge in [0.1, 0.15) is 5.82 Å². The average molecular weight is 344 g/mol. The first-order valence-corrected chi connectivity index (χ1v) is 8.73. The van der Waals surface area contributed by atoms with Crippen molar-refractivity contribution in [2.45, 2.75) is 19.1 Å². The van der Waals surface area contributed by atoms with Gasteiger partial charge < -0.3 is 20.1 Å². The van der Waals surface area contributed by atoms with Gasteiger partial charge >= 0.3 is 0 Å². The maximum absolute atomic E-state index is 13.7. The highest BCUT2D eigenvalue weighted by Gasteiger charge is 2.15. The van der Waals surface area contributed by atoms with Crippen molar-refractivity contribution in [2.24, 2.45) is 0 Å². The van der Waals surface area contributed by atoms with Crippen LogP contribution in [0.1, 0.15) is 30.2 Å². The Morgan fingerprint density at radius 1 is 1.12 bits per heavy atom. The standard InChI is InChI=1S/C20H25FN2O2/c1-15(22-14-20(24)18-4-2-3-5-19(18)21)16-6-8-17(9-7-16)23-10-12-25-13-11-23/h2-9,15,20,22,24H,10-14H2,1H3. The first kappa shape index (κ1) is 17.9. The van der Waals surface area contributed by atoms with E-state index in [-0.39, 0.29) is 11.9 Å². The molecule has 1 heterocycles. The Balaban J connectivity index is 1.56. The zero-order chi connectivity index (χ0) is 17.6. The third kappa shape index (κ3) is 4.57. The summed E-state index contributed by atoms with van der Waals surface area (Å²) in [5.74, 6) is -0.376. The van der Waals surface area contributed by atoms with Gasteiger partial charge in [-0.2, -0.15) is 0 Å². The predicted molar refractivity (Wildman–Crippen MR) is 97.3 cm³/mol. The predicted octanol–water partition coefficient (Wildman–Crippen LogP) is 3.05. The van der Waals surface area contributed by atoms with Crippen LogP contribution in [-0.4, -0.2) is 38.0 Å². The summed E-state index contributed by atoms with van der Waals surface area (Å²) in [7, 11) is 0. The fraction of sp³-hybridized carbons (Fsp3) is 0.400. The van der Waals surface area contributed by atoms with E-state index in [1.54, 1.807) is 18.2 Å². The molecule has 1 aliphatic heterocycles. The first-order valence-electron chi connectivity index (χ1n) is 8.73. The van der Waals surface area contributed by atoms with E-state index in [2.05, 4.69) is 34.5 Å². The van der Waals surface area contributed by atoms with Crippen molar-refractivity contribution in [2.75, 3.05) is 37.7 Å². The Labute approximate surface area is 148 Å². The number of nitrogens with one attached hydrogen (secondary N) is 1. The van der Waals surface area contributed by atoms with E-state index in [4.69, 9.17) is 4.74 Å². The highest BCUT2D eigenvalue weighted by Crippen LogP contribution is 2.21. The highest BCUT2D eigenvalue weighted by atomic mass is 19.1. The van der Waals surface area contributed by atoms with Gasteiger partial charge in [0.25, 0.3) is 0 Å². The summed E-state index contributed by atoms with van der Waals surface area (Å²) in [6, 6.07) is 14.8. The lowest BCUT2D eigenvalue weighted by atomic mass is 10.1. The highest BCUT2D eigenvalue weighted by molar-refractivity contribution is 5.48. The molecule has 2 N–H and O–H groups in total. The van der Waals surface area contributed by atoms with Crippen LogP contribution < -0.4 is 10.2 Å². The summed E-state index contributed by atoms with van der Waals surface area (Å²) in [4.78, 5) is 2.31. The molecule has 25 heavy (non-hydrogen) atoms. The Hall–Kier alpha value is -1.95. The number of anilines is 1. The smallest absolute Gasteiger partial charge is 0.129 e. The number of aliphatic hydroxyl groups excluding tert-OH is 1. The minimum atomic E-state index is -0.865. The Bertz CT molecular complexity index is 672. The molecule has 0 aliphatic carbocycles. The van der Waals surface area contributed by atoms with Crippen molar-refractivity contribution in [3.63, 3.8) is 0 Å². The second kappa shape index (κ2) is 8.43. The Morgan fingerprint density at radius 2 is 1.80 bits per heavy atom. The zero-order valence-corrected chi connectivity index (χ0v) is 14.5. The van der Waals surface area contributed by atoms with Crippen molar-refractivity contribution in [1.82, 2.24) is 5.32 Å². The van der Waals surface area contributed by atoms with Gasteiger partial charge in [0.2, 0.25) is 0 Å². The normalized spacial score (nSPS) is 17.3. The van der Waals surface area contributed by atoms with Crippen LogP contribution in [0.4, 0.5) is 10.1 Å². The second-order valence-corrected chi connectivity index (χ2v) is 6.36. The van der Waals surface area contributed by atoms with Crippen molar-refractivity contribution in [1.29, 1.82) is 0 Å². The minimum absolute atomic E-state index is 0.0696. The molecule has 0 saturated carbocycles. The van der Waals surface area contributed by atoms with Crippen molar-refractivity contribution in [3.05, 3.63) is 65.5 Å². The molecule has 5 heteroatoms. The third-order valence-corrected chi connectivity index (χ3v) is 4.65. The van der Waals surface area contributed by atoms with E-state index in [1.807, 2.05) is 6.92 Å². The van der Waals surface area contributed by atoms with Crippen molar-refractivity contribution >= 4 is 5.69 Å².